The summed E-state index contributed by atoms with van der Waals surface area (Å²) in [6.45, 7) is 2.06. The maximum atomic E-state index is 14.1. The van der Waals surface area contributed by atoms with E-state index in [1.165, 1.54) is 6.92 Å². The minimum atomic E-state index is -1.96. The van der Waals surface area contributed by atoms with Crippen LogP contribution in [0.3, 0.4) is 0 Å². The third kappa shape index (κ3) is 2.74. The fraction of sp³-hybridized carbons (Fsp3) is 0.438. The minimum absolute atomic E-state index is 0.121. The van der Waals surface area contributed by atoms with Gasteiger partial charge in [0.2, 0.25) is 5.79 Å². The molecule has 7 heteroatoms. The Kier molecular flexibility index (Phi) is 3.93. The molecule has 1 aromatic carbocycles. The highest BCUT2D eigenvalue weighted by atomic mass is 19.1. The number of carbonyl (C=O) groups excluding carboxylic acids is 1. The molecule has 0 radical (unpaired) electrons. The lowest BCUT2D eigenvalue weighted by Gasteiger charge is -2.29. The first-order chi connectivity index (χ1) is 10.8. The standard InChI is InChI=1S/C16H15F3O4/c1-16(21)14(8-2-4-22-5-3-8)13(15(20)23-16)12-10(18)6-9(17)7-11(12)19/h6-8,21H,2-5H2,1H3. The van der Waals surface area contributed by atoms with Crippen LogP contribution in [0.2, 0.25) is 0 Å². The zero-order chi connectivity index (χ0) is 16.8. The van der Waals surface area contributed by atoms with Gasteiger partial charge in [-0.05, 0) is 18.8 Å². The van der Waals surface area contributed by atoms with Crippen LogP contribution in [0.25, 0.3) is 5.57 Å². The average Bonchev–Trinajstić information content (AvgIpc) is 2.68. The molecule has 3 rings (SSSR count). The van der Waals surface area contributed by atoms with E-state index in [9.17, 15) is 23.1 Å². The molecule has 0 spiro atoms. The van der Waals surface area contributed by atoms with Gasteiger partial charge in [0, 0.05) is 37.8 Å². The number of hydrogen-bond donors (Lipinski definition) is 1. The van der Waals surface area contributed by atoms with Gasteiger partial charge in [0.15, 0.2) is 0 Å². The zero-order valence-electron chi connectivity index (χ0n) is 12.4. The summed E-state index contributed by atoms with van der Waals surface area (Å²) in [6, 6.07) is 0.987. The van der Waals surface area contributed by atoms with Gasteiger partial charge in [-0.25, -0.2) is 18.0 Å². The Labute approximate surface area is 130 Å². The van der Waals surface area contributed by atoms with Gasteiger partial charge in [-0.15, -0.1) is 0 Å². The fourth-order valence-corrected chi connectivity index (χ4v) is 3.22. The van der Waals surface area contributed by atoms with E-state index in [4.69, 9.17) is 9.47 Å². The maximum absolute atomic E-state index is 14.1. The topological polar surface area (TPSA) is 55.8 Å². The molecule has 0 aromatic heterocycles. The van der Waals surface area contributed by atoms with Crippen molar-refractivity contribution in [3.63, 3.8) is 0 Å². The molecule has 1 N–H and O–H groups in total. The number of ether oxygens (including phenoxy) is 2. The summed E-state index contributed by atoms with van der Waals surface area (Å²) in [4.78, 5) is 12.1. The monoisotopic (exact) mass is 328 g/mol. The summed E-state index contributed by atoms with van der Waals surface area (Å²) in [5, 5.41) is 10.4. The van der Waals surface area contributed by atoms with E-state index < -0.39 is 34.8 Å². The predicted molar refractivity (Wildman–Crippen MR) is 73.5 cm³/mol. The van der Waals surface area contributed by atoms with E-state index in [2.05, 4.69) is 0 Å². The molecule has 1 atom stereocenters. The number of cyclic esters (lactones) is 1. The summed E-state index contributed by atoms with van der Waals surface area (Å²) < 4.78 is 51.4. The number of hydrogen-bond acceptors (Lipinski definition) is 4. The van der Waals surface area contributed by atoms with Gasteiger partial charge in [-0.2, -0.15) is 0 Å². The molecule has 4 nitrogen and oxygen atoms in total. The molecule has 1 saturated heterocycles. The molecule has 0 aliphatic carbocycles. The van der Waals surface area contributed by atoms with Crippen molar-refractivity contribution in [3.05, 3.63) is 40.7 Å². The quantitative estimate of drug-likeness (QED) is 0.848. The predicted octanol–water partition coefficient (Wildman–Crippen LogP) is 2.55. The van der Waals surface area contributed by atoms with Crippen molar-refractivity contribution in [3.8, 4) is 0 Å². The average molecular weight is 328 g/mol. The van der Waals surface area contributed by atoms with E-state index in [1.54, 1.807) is 0 Å². The highest BCUT2D eigenvalue weighted by Crippen LogP contribution is 2.44. The Bertz CT molecular complexity index is 668. The van der Waals surface area contributed by atoms with Crippen LogP contribution < -0.4 is 0 Å². The Morgan fingerprint density at radius 3 is 2.30 bits per heavy atom. The summed E-state index contributed by atoms with van der Waals surface area (Å²) in [5.41, 5.74) is -0.914. The molecule has 2 aliphatic heterocycles. The molecule has 1 unspecified atom stereocenters. The Morgan fingerprint density at radius 2 is 1.74 bits per heavy atom. The first-order valence-corrected chi connectivity index (χ1v) is 7.24. The first-order valence-electron chi connectivity index (χ1n) is 7.24. The van der Waals surface area contributed by atoms with E-state index in [0.717, 1.165) is 0 Å². The lowest BCUT2D eigenvalue weighted by Crippen LogP contribution is -2.33. The zero-order valence-corrected chi connectivity index (χ0v) is 12.4. The van der Waals surface area contributed by atoms with Gasteiger partial charge in [0.1, 0.15) is 17.5 Å². The van der Waals surface area contributed by atoms with Crippen molar-refractivity contribution >= 4 is 11.5 Å². The van der Waals surface area contributed by atoms with Crippen molar-refractivity contribution < 1.29 is 32.5 Å². The van der Waals surface area contributed by atoms with Gasteiger partial charge < -0.3 is 14.6 Å². The highest BCUT2D eigenvalue weighted by molar-refractivity contribution is 6.20. The second-order valence-electron chi connectivity index (χ2n) is 5.79. The van der Waals surface area contributed by atoms with E-state index >= 15 is 0 Å². The SMILES string of the molecule is CC1(O)OC(=O)C(c2c(F)cc(F)cc2F)=C1C1CCOCC1. The summed E-state index contributed by atoms with van der Waals surface area (Å²) >= 11 is 0. The van der Waals surface area contributed by atoms with Crippen molar-refractivity contribution in [2.75, 3.05) is 13.2 Å². The summed E-state index contributed by atoms with van der Waals surface area (Å²) in [7, 11) is 0. The number of esters is 1. The van der Waals surface area contributed by atoms with Crippen molar-refractivity contribution in [1.29, 1.82) is 0 Å². The molecular formula is C16H15F3O4. The van der Waals surface area contributed by atoms with Gasteiger partial charge in [-0.3, -0.25) is 0 Å². The second-order valence-corrected chi connectivity index (χ2v) is 5.79. The van der Waals surface area contributed by atoms with Gasteiger partial charge >= 0.3 is 5.97 Å². The van der Waals surface area contributed by atoms with Crippen LogP contribution in [-0.2, 0) is 14.3 Å². The van der Waals surface area contributed by atoms with Gasteiger partial charge in [0.05, 0.1) is 11.1 Å². The van der Waals surface area contributed by atoms with E-state index in [-0.39, 0.29) is 17.1 Å². The van der Waals surface area contributed by atoms with Crippen molar-refractivity contribution in [2.24, 2.45) is 5.92 Å². The molecule has 0 bridgehead atoms. The van der Waals surface area contributed by atoms with Gasteiger partial charge in [0.25, 0.3) is 0 Å². The van der Waals surface area contributed by atoms with Crippen LogP contribution in [-0.4, -0.2) is 30.1 Å². The van der Waals surface area contributed by atoms with Crippen LogP contribution in [0.5, 0.6) is 0 Å². The largest absolute Gasteiger partial charge is 0.426 e. The van der Waals surface area contributed by atoms with Crippen LogP contribution in [0.15, 0.2) is 17.7 Å². The number of halogens is 3. The molecule has 1 fully saturated rings. The molecule has 2 heterocycles. The molecular weight excluding hydrogens is 313 g/mol. The molecule has 23 heavy (non-hydrogen) atoms. The first kappa shape index (κ1) is 16.0. The number of rotatable bonds is 2. The third-order valence-electron chi connectivity index (χ3n) is 4.15. The maximum Gasteiger partial charge on any atom is 0.341 e. The van der Waals surface area contributed by atoms with E-state index in [1.807, 2.05) is 0 Å². The smallest absolute Gasteiger partial charge is 0.341 e. The minimum Gasteiger partial charge on any atom is -0.426 e. The van der Waals surface area contributed by atoms with E-state index in [0.29, 0.717) is 38.2 Å². The number of carbonyl (C=O) groups is 1. The molecule has 0 amide bonds. The van der Waals surface area contributed by atoms with Crippen LogP contribution in [0, 0.1) is 23.4 Å². The summed E-state index contributed by atoms with van der Waals surface area (Å²) in [5.74, 6) is -6.81. The lowest BCUT2D eigenvalue weighted by molar-refractivity contribution is -0.176. The van der Waals surface area contributed by atoms with Crippen molar-refractivity contribution in [2.45, 2.75) is 25.6 Å². The Balaban J connectivity index is 2.21. The Hall–Kier alpha value is -1.86. The van der Waals surface area contributed by atoms with Crippen LogP contribution in [0.1, 0.15) is 25.3 Å². The summed E-state index contributed by atoms with van der Waals surface area (Å²) in [6.07, 6.45) is 0.964. The number of benzene rings is 1. The fourth-order valence-electron chi connectivity index (χ4n) is 3.22. The Morgan fingerprint density at radius 1 is 1.17 bits per heavy atom. The molecule has 2 aliphatic rings. The number of aliphatic hydroxyl groups is 1. The van der Waals surface area contributed by atoms with Crippen molar-refractivity contribution in [1.82, 2.24) is 0 Å². The lowest BCUT2D eigenvalue weighted by atomic mass is 9.82. The molecule has 0 saturated carbocycles. The normalized spacial score (nSPS) is 25.9. The molecule has 1 aromatic rings. The van der Waals surface area contributed by atoms with Crippen LogP contribution in [0.4, 0.5) is 13.2 Å². The second kappa shape index (κ2) is 5.65. The van der Waals surface area contributed by atoms with Crippen LogP contribution >= 0.6 is 0 Å². The van der Waals surface area contributed by atoms with Gasteiger partial charge in [-0.1, -0.05) is 0 Å². The third-order valence-corrected chi connectivity index (χ3v) is 4.15. The highest BCUT2D eigenvalue weighted by Gasteiger charge is 2.47. The molecule has 124 valence electrons.